The highest BCUT2D eigenvalue weighted by atomic mass is 32.2. The van der Waals surface area contributed by atoms with Crippen LogP contribution in [0.3, 0.4) is 0 Å². The Kier molecular flexibility index (Phi) is 6.19. The number of hydrogen-bond acceptors (Lipinski definition) is 4. The van der Waals surface area contributed by atoms with E-state index in [-0.39, 0.29) is 22.5 Å². The van der Waals surface area contributed by atoms with Crippen LogP contribution < -0.4 is 10.5 Å². The molecule has 2 unspecified atom stereocenters. The topological polar surface area (TPSA) is 96.0 Å². The lowest BCUT2D eigenvalue weighted by Crippen LogP contribution is -2.11. The van der Waals surface area contributed by atoms with Crippen LogP contribution in [-0.4, -0.2) is 20.4 Å². The lowest BCUT2D eigenvalue weighted by Gasteiger charge is -2.13. The van der Waals surface area contributed by atoms with Crippen molar-refractivity contribution in [3.8, 4) is 0 Å². The number of nitrogen functional groups attached to an aromatic ring is 1. The van der Waals surface area contributed by atoms with Gasteiger partial charge in [-0.15, -0.1) is 0 Å². The van der Waals surface area contributed by atoms with Gasteiger partial charge >= 0.3 is 0 Å². The summed E-state index contributed by atoms with van der Waals surface area (Å²) in [7, 11) is -3.06. The maximum atomic E-state index is 14.1. The second-order valence-electron chi connectivity index (χ2n) is 6.05. The van der Waals surface area contributed by atoms with Crippen LogP contribution >= 0.6 is 0 Å². The molecule has 4 N–H and O–H groups in total. The van der Waals surface area contributed by atoms with Crippen molar-refractivity contribution in [2.45, 2.75) is 9.79 Å². The van der Waals surface area contributed by atoms with Gasteiger partial charge in [0, 0.05) is 28.8 Å². The van der Waals surface area contributed by atoms with Crippen LogP contribution in [0.15, 0.2) is 70.5 Å². The van der Waals surface area contributed by atoms with E-state index < -0.39 is 33.4 Å². The Balaban J connectivity index is 1.94. The molecule has 0 aliphatic rings. The summed E-state index contributed by atoms with van der Waals surface area (Å²) < 4.78 is 55.0. The number of hydrogen-bond donors (Lipinski definition) is 3. The molecule has 150 valence electrons. The van der Waals surface area contributed by atoms with E-state index in [1.54, 1.807) is 30.3 Å². The standard InChI is InChI=1S/C20H17F2N3O2S2/c1-28(26)17-7-2-3-8-18(17)29(27)25-12-9-10-16(23)14(11-12)20(24)13-5-4-6-15(21)19(13)22/h2-11,24-25H,23H2,1H3. The van der Waals surface area contributed by atoms with Crippen LogP contribution in [0.5, 0.6) is 0 Å². The second-order valence-corrected chi connectivity index (χ2v) is 8.58. The first-order valence-electron chi connectivity index (χ1n) is 8.33. The summed E-state index contributed by atoms with van der Waals surface area (Å²) in [6, 6.07) is 14.6. The Hall–Kier alpha value is -2.91. The molecule has 0 amide bonds. The van der Waals surface area contributed by atoms with Gasteiger partial charge in [0.25, 0.3) is 0 Å². The van der Waals surface area contributed by atoms with Gasteiger partial charge in [-0.3, -0.25) is 9.62 Å². The predicted octanol–water partition coefficient (Wildman–Crippen LogP) is 3.84. The summed E-state index contributed by atoms with van der Waals surface area (Å²) in [6.07, 6.45) is 1.49. The van der Waals surface area contributed by atoms with Crippen molar-refractivity contribution in [2.75, 3.05) is 16.7 Å². The third-order valence-corrected chi connectivity index (χ3v) is 6.39. The van der Waals surface area contributed by atoms with Gasteiger partial charge in [-0.2, -0.15) is 0 Å². The molecule has 5 nitrogen and oxygen atoms in total. The lowest BCUT2D eigenvalue weighted by atomic mass is 10.00. The van der Waals surface area contributed by atoms with E-state index in [1.807, 2.05) is 0 Å². The Bertz CT molecular complexity index is 1150. The monoisotopic (exact) mass is 433 g/mol. The molecule has 0 saturated carbocycles. The molecule has 0 heterocycles. The largest absolute Gasteiger partial charge is 0.398 e. The second kappa shape index (κ2) is 8.62. The molecular weight excluding hydrogens is 416 g/mol. The normalized spacial score (nSPS) is 12.9. The summed E-state index contributed by atoms with van der Waals surface area (Å²) in [6.45, 7) is 0. The molecule has 0 spiro atoms. The molecular formula is C20H17F2N3O2S2. The average Bonchev–Trinajstić information content (AvgIpc) is 2.71. The van der Waals surface area contributed by atoms with Gasteiger partial charge in [-0.1, -0.05) is 18.2 Å². The van der Waals surface area contributed by atoms with Gasteiger partial charge in [0.15, 0.2) is 22.6 Å². The molecule has 9 heteroatoms. The van der Waals surface area contributed by atoms with Gasteiger partial charge < -0.3 is 10.5 Å². The van der Waals surface area contributed by atoms with Gasteiger partial charge in [0.2, 0.25) is 0 Å². The molecule has 3 aromatic carbocycles. The fourth-order valence-electron chi connectivity index (χ4n) is 2.68. The van der Waals surface area contributed by atoms with E-state index in [4.69, 9.17) is 11.1 Å². The van der Waals surface area contributed by atoms with Gasteiger partial charge in [0.05, 0.1) is 26.3 Å². The number of rotatable bonds is 6. The maximum Gasteiger partial charge on any atom is 0.168 e. The Morgan fingerprint density at radius 2 is 1.66 bits per heavy atom. The van der Waals surface area contributed by atoms with Crippen LogP contribution in [-0.2, 0) is 21.8 Å². The smallest absolute Gasteiger partial charge is 0.168 e. The van der Waals surface area contributed by atoms with Crippen LogP contribution in [0.4, 0.5) is 20.2 Å². The number of nitrogens with one attached hydrogen (secondary N) is 2. The summed E-state index contributed by atoms with van der Waals surface area (Å²) in [4.78, 5) is 0.793. The number of halogens is 2. The summed E-state index contributed by atoms with van der Waals surface area (Å²) in [5, 5.41) is 8.25. The van der Waals surface area contributed by atoms with Crippen molar-refractivity contribution in [3.05, 3.63) is 83.4 Å². The molecule has 2 atom stereocenters. The van der Waals surface area contributed by atoms with Crippen LogP contribution in [0, 0.1) is 17.0 Å². The lowest BCUT2D eigenvalue weighted by molar-refractivity contribution is 0.507. The Labute approximate surface area is 171 Å². The molecule has 3 aromatic rings. The molecule has 0 radical (unpaired) electrons. The summed E-state index contributed by atoms with van der Waals surface area (Å²) >= 11 is 0. The van der Waals surface area contributed by atoms with Crippen molar-refractivity contribution in [3.63, 3.8) is 0 Å². The summed E-state index contributed by atoms with van der Waals surface area (Å²) in [5.74, 6) is -2.21. The van der Waals surface area contributed by atoms with E-state index in [0.717, 1.165) is 6.07 Å². The molecule has 3 rings (SSSR count). The molecule has 0 aromatic heterocycles. The minimum Gasteiger partial charge on any atom is -0.398 e. The number of benzene rings is 3. The zero-order valence-electron chi connectivity index (χ0n) is 15.2. The zero-order valence-corrected chi connectivity index (χ0v) is 16.9. The van der Waals surface area contributed by atoms with E-state index in [0.29, 0.717) is 15.5 Å². The maximum absolute atomic E-state index is 14.1. The molecule has 0 bridgehead atoms. The number of anilines is 2. The average molecular weight is 434 g/mol. The highest BCUT2D eigenvalue weighted by Gasteiger charge is 2.17. The van der Waals surface area contributed by atoms with E-state index in [9.17, 15) is 17.2 Å². The van der Waals surface area contributed by atoms with Gasteiger partial charge in [0.1, 0.15) is 0 Å². The third-order valence-electron chi connectivity index (χ3n) is 4.11. The third kappa shape index (κ3) is 4.41. The predicted molar refractivity (Wildman–Crippen MR) is 112 cm³/mol. The molecule has 0 fully saturated rings. The first kappa shape index (κ1) is 20.8. The number of nitrogens with two attached hydrogens (primary N) is 1. The van der Waals surface area contributed by atoms with E-state index in [1.165, 1.54) is 30.5 Å². The minimum atomic E-state index is -1.74. The quantitative estimate of drug-likeness (QED) is 0.407. The van der Waals surface area contributed by atoms with Gasteiger partial charge in [-0.25, -0.2) is 13.0 Å². The Morgan fingerprint density at radius 1 is 0.966 bits per heavy atom. The first-order valence-corrected chi connectivity index (χ1v) is 11.0. The van der Waals surface area contributed by atoms with Crippen LogP contribution in [0.25, 0.3) is 0 Å². The highest BCUT2D eigenvalue weighted by Crippen LogP contribution is 2.25. The molecule has 0 saturated heterocycles. The molecule has 0 aliphatic heterocycles. The SMILES string of the molecule is CS(=O)c1ccccc1S(=O)Nc1ccc(N)c(C(=N)c2cccc(F)c2F)c1. The summed E-state index contributed by atoms with van der Waals surface area (Å²) in [5.41, 5.74) is 6.08. The van der Waals surface area contributed by atoms with Gasteiger partial charge in [-0.05, 0) is 42.5 Å². The Morgan fingerprint density at radius 3 is 2.34 bits per heavy atom. The van der Waals surface area contributed by atoms with Crippen molar-refractivity contribution in [2.24, 2.45) is 0 Å². The van der Waals surface area contributed by atoms with Crippen LogP contribution in [0.1, 0.15) is 11.1 Å². The van der Waals surface area contributed by atoms with E-state index >= 15 is 0 Å². The highest BCUT2D eigenvalue weighted by molar-refractivity contribution is 7.88. The fourth-order valence-corrected chi connectivity index (χ4v) is 4.79. The zero-order chi connectivity index (χ0) is 21.1. The van der Waals surface area contributed by atoms with Crippen LogP contribution in [0.2, 0.25) is 0 Å². The van der Waals surface area contributed by atoms with Crippen molar-refractivity contribution in [1.82, 2.24) is 0 Å². The fraction of sp³-hybridized carbons (Fsp3) is 0.0500. The van der Waals surface area contributed by atoms with Crippen molar-refractivity contribution < 1.29 is 17.2 Å². The van der Waals surface area contributed by atoms with E-state index in [2.05, 4.69) is 4.72 Å². The van der Waals surface area contributed by atoms with Crippen molar-refractivity contribution >= 4 is 38.9 Å². The first-order chi connectivity index (χ1) is 13.8. The molecule has 29 heavy (non-hydrogen) atoms. The minimum absolute atomic E-state index is 0.156. The molecule has 0 aliphatic carbocycles. The van der Waals surface area contributed by atoms with Crippen molar-refractivity contribution in [1.29, 1.82) is 5.41 Å².